The highest BCUT2D eigenvalue weighted by Crippen LogP contribution is 2.61. The Bertz CT molecular complexity index is 926. The van der Waals surface area contributed by atoms with Gasteiger partial charge in [0.25, 0.3) is 5.91 Å². The van der Waals surface area contributed by atoms with Crippen molar-refractivity contribution in [2.75, 3.05) is 14.1 Å². The van der Waals surface area contributed by atoms with Crippen LogP contribution in [-0.2, 0) is 10.0 Å². The SMILES string of the molecule is CC[C@@H](NC(=O)c1cc(S(=O)(=O)N(C)C)c(Cl)cc1Cl)C12CC3CC(CC(C3)C1)C2. The van der Waals surface area contributed by atoms with Gasteiger partial charge in [-0.2, -0.15) is 0 Å². The average Bonchev–Trinajstić information content (AvgIpc) is 2.64. The minimum absolute atomic E-state index is 0.0124. The number of hydrogen-bond donors (Lipinski definition) is 1. The quantitative estimate of drug-likeness (QED) is 0.635. The van der Waals surface area contributed by atoms with E-state index in [4.69, 9.17) is 23.2 Å². The minimum Gasteiger partial charge on any atom is -0.349 e. The van der Waals surface area contributed by atoms with Gasteiger partial charge in [0, 0.05) is 20.1 Å². The smallest absolute Gasteiger partial charge is 0.253 e. The summed E-state index contributed by atoms with van der Waals surface area (Å²) >= 11 is 12.5. The molecule has 4 saturated carbocycles. The number of sulfonamides is 1. The highest BCUT2D eigenvalue weighted by atomic mass is 35.5. The van der Waals surface area contributed by atoms with Crippen LogP contribution in [0.25, 0.3) is 0 Å². The van der Waals surface area contributed by atoms with E-state index < -0.39 is 10.0 Å². The summed E-state index contributed by atoms with van der Waals surface area (Å²) in [7, 11) is -0.927. The van der Waals surface area contributed by atoms with Crippen molar-refractivity contribution >= 4 is 39.1 Å². The monoisotopic (exact) mass is 472 g/mol. The third-order valence-corrected chi connectivity index (χ3v) is 10.2. The molecule has 1 atom stereocenters. The summed E-state index contributed by atoms with van der Waals surface area (Å²) in [5, 5.41) is 3.41. The molecule has 0 unspecified atom stereocenters. The first kappa shape index (κ1) is 22.4. The van der Waals surface area contributed by atoms with Gasteiger partial charge in [0.1, 0.15) is 4.90 Å². The molecule has 0 saturated heterocycles. The molecule has 0 aromatic heterocycles. The summed E-state index contributed by atoms with van der Waals surface area (Å²) in [6.45, 7) is 2.12. The van der Waals surface area contributed by atoms with Crippen LogP contribution < -0.4 is 5.32 Å². The van der Waals surface area contributed by atoms with Crippen molar-refractivity contribution in [1.82, 2.24) is 9.62 Å². The zero-order valence-electron chi connectivity index (χ0n) is 17.7. The van der Waals surface area contributed by atoms with E-state index >= 15 is 0 Å². The van der Waals surface area contributed by atoms with Crippen molar-refractivity contribution < 1.29 is 13.2 Å². The number of amides is 1. The van der Waals surface area contributed by atoms with Gasteiger partial charge in [-0.1, -0.05) is 30.1 Å². The number of nitrogens with zero attached hydrogens (tertiary/aromatic N) is 1. The molecule has 0 heterocycles. The molecule has 5 nitrogen and oxygen atoms in total. The minimum atomic E-state index is -3.79. The van der Waals surface area contributed by atoms with E-state index in [0.717, 1.165) is 28.5 Å². The van der Waals surface area contributed by atoms with Crippen LogP contribution in [0, 0.1) is 23.2 Å². The second kappa shape index (κ2) is 7.95. The summed E-state index contributed by atoms with van der Waals surface area (Å²) in [6, 6.07) is 2.72. The highest BCUT2D eigenvalue weighted by Gasteiger charge is 2.54. The van der Waals surface area contributed by atoms with Crippen molar-refractivity contribution in [1.29, 1.82) is 0 Å². The summed E-state index contributed by atoms with van der Waals surface area (Å²) in [6.07, 6.45) is 8.45. The van der Waals surface area contributed by atoms with Gasteiger partial charge < -0.3 is 5.32 Å². The number of carbonyl (C=O) groups is 1. The fourth-order valence-corrected chi connectivity index (χ4v) is 8.35. The number of hydrogen-bond acceptors (Lipinski definition) is 3. The largest absolute Gasteiger partial charge is 0.349 e. The molecule has 30 heavy (non-hydrogen) atoms. The van der Waals surface area contributed by atoms with Crippen molar-refractivity contribution in [3.8, 4) is 0 Å². The van der Waals surface area contributed by atoms with Crippen molar-refractivity contribution in [3.63, 3.8) is 0 Å². The van der Waals surface area contributed by atoms with Gasteiger partial charge in [-0.05, 0) is 80.2 Å². The maximum Gasteiger partial charge on any atom is 0.253 e. The van der Waals surface area contributed by atoms with E-state index in [1.165, 1.54) is 64.8 Å². The Kier molecular flexibility index (Phi) is 5.93. The Labute approximate surface area is 189 Å². The second-order valence-electron chi connectivity index (χ2n) is 9.76. The number of nitrogens with one attached hydrogen (secondary N) is 1. The highest BCUT2D eigenvalue weighted by molar-refractivity contribution is 7.89. The topological polar surface area (TPSA) is 66.5 Å². The fourth-order valence-electron chi connectivity index (χ4n) is 6.63. The molecule has 1 N–H and O–H groups in total. The first-order chi connectivity index (χ1) is 14.1. The van der Waals surface area contributed by atoms with Gasteiger partial charge >= 0.3 is 0 Å². The van der Waals surface area contributed by atoms with Crippen LogP contribution >= 0.6 is 23.2 Å². The second-order valence-corrected chi connectivity index (χ2v) is 12.7. The van der Waals surface area contributed by atoms with Gasteiger partial charge in [-0.3, -0.25) is 4.79 Å². The number of benzene rings is 1. The molecule has 8 heteroatoms. The van der Waals surface area contributed by atoms with Crippen LogP contribution in [0.15, 0.2) is 17.0 Å². The van der Waals surface area contributed by atoms with E-state index in [9.17, 15) is 13.2 Å². The molecule has 5 rings (SSSR count). The maximum absolute atomic E-state index is 13.2. The number of halogens is 2. The Morgan fingerprint density at radius 2 is 1.63 bits per heavy atom. The lowest BCUT2D eigenvalue weighted by molar-refractivity contribution is -0.0727. The summed E-state index contributed by atoms with van der Waals surface area (Å²) in [4.78, 5) is 13.1. The average molecular weight is 473 g/mol. The van der Waals surface area contributed by atoms with Gasteiger partial charge in [0.15, 0.2) is 0 Å². The van der Waals surface area contributed by atoms with Gasteiger partial charge in [0.05, 0.1) is 15.6 Å². The standard InChI is InChI=1S/C22H30Cl2N2O3S/c1-4-20(22-10-13-5-14(11-22)7-15(6-13)12-22)25-21(27)16-8-19(18(24)9-17(16)23)30(28,29)26(2)3/h8-9,13-15,20H,4-7,10-12H2,1-3H3,(H,25,27)/t13?,14?,15?,20-,22?/m1/s1. The summed E-state index contributed by atoms with van der Waals surface area (Å²) in [5.41, 5.74) is 0.320. The van der Waals surface area contributed by atoms with Gasteiger partial charge in [0.2, 0.25) is 10.0 Å². The predicted octanol–water partition coefficient (Wildman–Crippen LogP) is 4.97. The van der Waals surface area contributed by atoms with E-state index in [0.29, 0.717) is 0 Å². The lowest BCUT2D eigenvalue weighted by atomic mass is 9.47. The fraction of sp³-hybridized carbons (Fsp3) is 0.682. The van der Waals surface area contributed by atoms with Crippen LogP contribution in [0.4, 0.5) is 0 Å². The van der Waals surface area contributed by atoms with E-state index in [1.807, 2.05) is 0 Å². The van der Waals surface area contributed by atoms with Crippen molar-refractivity contribution in [2.45, 2.75) is 62.8 Å². The molecule has 4 aliphatic carbocycles. The molecule has 166 valence electrons. The first-order valence-electron chi connectivity index (χ1n) is 10.8. The third kappa shape index (κ3) is 3.78. The predicted molar refractivity (Wildman–Crippen MR) is 119 cm³/mol. The summed E-state index contributed by atoms with van der Waals surface area (Å²) in [5.74, 6) is 2.05. The molecule has 1 aromatic carbocycles. The zero-order chi connectivity index (χ0) is 21.8. The zero-order valence-corrected chi connectivity index (χ0v) is 20.1. The van der Waals surface area contributed by atoms with E-state index in [2.05, 4.69) is 12.2 Å². The Morgan fingerprint density at radius 1 is 1.10 bits per heavy atom. The lowest BCUT2D eigenvalue weighted by Crippen LogP contribution is -2.56. The molecule has 4 fully saturated rings. The van der Waals surface area contributed by atoms with Gasteiger partial charge in [-0.25, -0.2) is 12.7 Å². The molecule has 1 aromatic rings. The molecule has 0 radical (unpaired) electrons. The molecular weight excluding hydrogens is 443 g/mol. The number of carbonyl (C=O) groups excluding carboxylic acids is 1. The van der Waals surface area contributed by atoms with Crippen LogP contribution in [0.5, 0.6) is 0 Å². The first-order valence-corrected chi connectivity index (χ1v) is 13.0. The molecule has 0 spiro atoms. The van der Waals surface area contributed by atoms with Crippen LogP contribution in [-0.4, -0.2) is 38.8 Å². The Morgan fingerprint density at radius 3 is 2.10 bits per heavy atom. The molecular formula is C22H30Cl2N2O3S. The van der Waals surface area contributed by atoms with Gasteiger partial charge in [-0.15, -0.1) is 0 Å². The maximum atomic E-state index is 13.2. The molecule has 4 bridgehead atoms. The van der Waals surface area contributed by atoms with Crippen molar-refractivity contribution in [2.24, 2.45) is 23.2 Å². The normalized spacial score (nSPS) is 31.2. The number of rotatable bonds is 6. The lowest BCUT2D eigenvalue weighted by Gasteiger charge is -2.59. The summed E-state index contributed by atoms with van der Waals surface area (Å²) < 4.78 is 26.3. The third-order valence-electron chi connectivity index (χ3n) is 7.56. The Balaban J connectivity index is 1.62. The van der Waals surface area contributed by atoms with E-state index in [-0.39, 0.29) is 37.9 Å². The molecule has 0 aliphatic heterocycles. The molecule has 4 aliphatic rings. The van der Waals surface area contributed by atoms with Crippen molar-refractivity contribution in [3.05, 3.63) is 27.7 Å². The van der Waals surface area contributed by atoms with Crippen LogP contribution in [0.3, 0.4) is 0 Å². The Hall–Kier alpha value is -0.820. The van der Waals surface area contributed by atoms with E-state index in [1.54, 1.807) is 0 Å². The van der Waals surface area contributed by atoms with Crippen LogP contribution in [0.1, 0.15) is 62.2 Å². The molecule has 1 amide bonds. The van der Waals surface area contributed by atoms with Crippen LogP contribution in [0.2, 0.25) is 10.0 Å².